The molecule has 2 aliphatic heterocycles. The molecule has 6 heteroatoms. The van der Waals surface area contributed by atoms with Crippen molar-refractivity contribution in [2.24, 2.45) is 0 Å². The molecule has 2 N–H and O–H groups in total. The predicted molar refractivity (Wildman–Crippen MR) is 84.3 cm³/mol. The molecule has 0 aliphatic carbocycles. The molecule has 2 rings (SSSR count). The molecule has 0 bridgehead atoms. The number of carbonyl (C=O) groups excluding carboxylic acids is 2. The van der Waals surface area contributed by atoms with E-state index in [0.29, 0.717) is 36.9 Å². The first kappa shape index (κ1) is 16.8. The second-order valence-corrected chi connectivity index (χ2v) is 5.99. The molecule has 1 fully saturated rings. The number of rotatable bonds is 5. The van der Waals surface area contributed by atoms with Gasteiger partial charge in [0.15, 0.2) is 0 Å². The number of amides is 2. The minimum absolute atomic E-state index is 0.237. The Morgan fingerprint density at radius 2 is 2.14 bits per heavy atom. The number of ether oxygens (including phenoxy) is 1. The van der Waals surface area contributed by atoms with E-state index in [1.165, 1.54) is 6.42 Å². The van der Waals surface area contributed by atoms with Crippen LogP contribution in [-0.4, -0.2) is 48.7 Å². The van der Waals surface area contributed by atoms with Gasteiger partial charge in [0, 0.05) is 18.3 Å². The Bertz CT molecular complexity index is 462. The Morgan fingerprint density at radius 1 is 1.36 bits per heavy atom. The largest absolute Gasteiger partial charge is 0.463 e. The van der Waals surface area contributed by atoms with Crippen molar-refractivity contribution in [3.8, 4) is 0 Å². The molecular weight excluding hydrogens is 282 g/mol. The lowest BCUT2D eigenvalue weighted by Crippen LogP contribution is -2.53. The van der Waals surface area contributed by atoms with Gasteiger partial charge in [-0.25, -0.2) is 9.59 Å². The second-order valence-electron chi connectivity index (χ2n) is 5.99. The van der Waals surface area contributed by atoms with Crippen LogP contribution >= 0.6 is 0 Å². The van der Waals surface area contributed by atoms with E-state index in [1.807, 2.05) is 6.92 Å². The number of hydrogen-bond acceptors (Lipinski definition) is 4. The first-order chi connectivity index (χ1) is 10.6. The van der Waals surface area contributed by atoms with E-state index in [1.54, 1.807) is 6.92 Å². The predicted octanol–water partition coefficient (Wildman–Crippen LogP) is 1.77. The van der Waals surface area contributed by atoms with Gasteiger partial charge in [-0.1, -0.05) is 13.3 Å². The summed E-state index contributed by atoms with van der Waals surface area (Å²) in [6.45, 7) is 7.88. The zero-order chi connectivity index (χ0) is 16.1. The normalized spacial score (nSPS) is 26.4. The summed E-state index contributed by atoms with van der Waals surface area (Å²) < 4.78 is 5.19. The van der Waals surface area contributed by atoms with E-state index >= 15 is 0 Å². The quantitative estimate of drug-likeness (QED) is 0.759. The van der Waals surface area contributed by atoms with Crippen LogP contribution < -0.4 is 10.6 Å². The molecule has 0 aromatic carbocycles. The van der Waals surface area contributed by atoms with Crippen molar-refractivity contribution in [3.05, 3.63) is 11.3 Å². The SMILES string of the molecule is CCOC(=O)C1=C(CN2CCCC[C@@H]2C)NC(=O)N[C@H]1CC. The van der Waals surface area contributed by atoms with E-state index in [4.69, 9.17) is 4.74 Å². The molecule has 0 spiro atoms. The molecule has 2 aliphatic rings. The van der Waals surface area contributed by atoms with Crippen LogP contribution in [0, 0.1) is 0 Å². The number of nitrogens with zero attached hydrogens (tertiary/aromatic N) is 1. The monoisotopic (exact) mass is 309 g/mol. The van der Waals surface area contributed by atoms with Crippen molar-refractivity contribution in [2.75, 3.05) is 19.7 Å². The number of esters is 1. The molecule has 124 valence electrons. The first-order valence-corrected chi connectivity index (χ1v) is 8.28. The maximum absolute atomic E-state index is 12.3. The third-order valence-corrected chi connectivity index (χ3v) is 4.45. The first-order valence-electron chi connectivity index (χ1n) is 8.28. The molecule has 22 heavy (non-hydrogen) atoms. The van der Waals surface area contributed by atoms with Crippen LogP contribution in [0.5, 0.6) is 0 Å². The smallest absolute Gasteiger partial charge is 0.337 e. The summed E-state index contributed by atoms with van der Waals surface area (Å²) in [6.07, 6.45) is 4.23. The summed E-state index contributed by atoms with van der Waals surface area (Å²) >= 11 is 0. The summed E-state index contributed by atoms with van der Waals surface area (Å²) in [5.74, 6) is -0.332. The molecule has 0 radical (unpaired) electrons. The molecule has 0 unspecified atom stereocenters. The minimum atomic E-state index is -0.332. The van der Waals surface area contributed by atoms with Crippen molar-refractivity contribution >= 4 is 12.0 Å². The molecule has 2 amide bonds. The van der Waals surface area contributed by atoms with Gasteiger partial charge in [-0.2, -0.15) is 0 Å². The molecular formula is C16H27N3O3. The average molecular weight is 309 g/mol. The van der Waals surface area contributed by atoms with Gasteiger partial charge in [0.2, 0.25) is 0 Å². The lowest BCUT2D eigenvalue weighted by molar-refractivity contribution is -0.139. The minimum Gasteiger partial charge on any atom is -0.463 e. The Balaban J connectivity index is 2.26. The Labute approximate surface area is 132 Å². The van der Waals surface area contributed by atoms with Gasteiger partial charge < -0.3 is 15.4 Å². The zero-order valence-corrected chi connectivity index (χ0v) is 13.8. The van der Waals surface area contributed by atoms with Crippen molar-refractivity contribution < 1.29 is 14.3 Å². The van der Waals surface area contributed by atoms with Crippen LogP contribution in [0.1, 0.15) is 46.5 Å². The van der Waals surface area contributed by atoms with E-state index in [0.717, 1.165) is 19.4 Å². The molecule has 2 heterocycles. The fraction of sp³-hybridized carbons (Fsp3) is 0.750. The lowest BCUT2D eigenvalue weighted by atomic mass is 9.98. The Hall–Kier alpha value is -1.56. The van der Waals surface area contributed by atoms with E-state index in [-0.39, 0.29) is 18.0 Å². The number of urea groups is 1. The summed E-state index contributed by atoms with van der Waals surface area (Å²) in [7, 11) is 0. The van der Waals surface area contributed by atoms with Gasteiger partial charge in [0.05, 0.1) is 18.2 Å². The second kappa shape index (κ2) is 7.63. The summed E-state index contributed by atoms with van der Waals surface area (Å²) in [5, 5.41) is 5.63. The summed E-state index contributed by atoms with van der Waals surface area (Å²) in [5.41, 5.74) is 1.27. The van der Waals surface area contributed by atoms with Gasteiger partial charge >= 0.3 is 12.0 Å². The molecule has 1 saturated heterocycles. The topological polar surface area (TPSA) is 70.7 Å². The molecule has 2 atom stereocenters. The highest BCUT2D eigenvalue weighted by atomic mass is 16.5. The molecule has 0 aromatic heterocycles. The number of hydrogen-bond donors (Lipinski definition) is 2. The summed E-state index contributed by atoms with van der Waals surface area (Å²) in [6, 6.07) is -0.0426. The number of nitrogens with one attached hydrogen (secondary N) is 2. The lowest BCUT2D eigenvalue weighted by Gasteiger charge is -2.36. The van der Waals surface area contributed by atoms with Crippen LogP contribution in [0.15, 0.2) is 11.3 Å². The Kier molecular flexibility index (Phi) is 5.83. The highest BCUT2D eigenvalue weighted by Crippen LogP contribution is 2.22. The number of carbonyl (C=O) groups is 2. The zero-order valence-electron chi connectivity index (χ0n) is 13.8. The molecule has 0 aromatic rings. The van der Waals surface area contributed by atoms with E-state index in [9.17, 15) is 9.59 Å². The fourth-order valence-electron chi connectivity index (χ4n) is 3.18. The van der Waals surface area contributed by atoms with Crippen molar-refractivity contribution in [2.45, 2.75) is 58.5 Å². The highest BCUT2D eigenvalue weighted by molar-refractivity contribution is 5.94. The maximum Gasteiger partial charge on any atom is 0.337 e. The number of piperidine rings is 1. The van der Waals surface area contributed by atoms with Gasteiger partial charge in [0.25, 0.3) is 0 Å². The van der Waals surface area contributed by atoms with Crippen LogP contribution in [0.4, 0.5) is 4.79 Å². The van der Waals surface area contributed by atoms with Crippen LogP contribution in [0.25, 0.3) is 0 Å². The Morgan fingerprint density at radius 3 is 2.77 bits per heavy atom. The van der Waals surface area contributed by atoms with Crippen LogP contribution in [0.2, 0.25) is 0 Å². The van der Waals surface area contributed by atoms with E-state index < -0.39 is 0 Å². The van der Waals surface area contributed by atoms with Crippen molar-refractivity contribution in [3.63, 3.8) is 0 Å². The number of likely N-dealkylation sites (tertiary alicyclic amines) is 1. The standard InChI is InChI=1S/C16H27N3O3/c1-4-12-14(15(20)22-5-2)13(18-16(21)17-12)10-19-9-7-6-8-11(19)3/h11-12H,4-10H2,1-3H3,(H2,17,18,21)/t11-,12-/m0/s1. The van der Waals surface area contributed by atoms with Gasteiger partial charge in [-0.3, -0.25) is 4.90 Å². The van der Waals surface area contributed by atoms with Crippen LogP contribution in [-0.2, 0) is 9.53 Å². The average Bonchev–Trinajstić information content (AvgIpc) is 2.49. The highest BCUT2D eigenvalue weighted by Gasteiger charge is 2.33. The van der Waals surface area contributed by atoms with E-state index in [2.05, 4.69) is 22.5 Å². The third-order valence-electron chi connectivity index (χ3n) is 4.45. The fourth-order valence-corrected chi connectivity index (χ4v) is 3.18. The van der Waals surface area contributed by atoms with Crippen molar-refractivity contribution in [1.82, 2.24) is 15.5 Å². The van der Waals surface area contributed by atoms with Gasteiger partial charge in [-0.05, 0) is 39.7 Å². The van der Waals surface area contributed by atoms with Gasteiger partial charge in [-0.15, -0.1) is 0 Å². The van der Waals surface area contributed by atoms with Crippen molar-refractivity contribution in [1.29, 1.82) is 0 Å². The summed E-state index contributed by atoms with van der Waals surface area (Å²) in [4.78, 5) is 26.5. The van der Waals surface area contributed by atoms with Crippen LogP contribution in [0.3, 0.4) is 0 Å². The maximum atomic E-state index is 12.3. The third kappa shape index (κ3) is 3.80. The molecule has 6 nitrogen and oxygen atoms in total. The van der Waals surface area contributed by atoms with Gasteiger partial charge in [0.1, 0.15) is 0 Å². The molecule has 0 saturated carbocycles.